The van der Waals surface area contributed by atoms with E-state index >= 15 is 0 Å². The molecule has 112 valence electrons. The number of benzene rings is 1. The van der Waals surface area contributed by atoms with Crippen LogP contribution in [0.3, 0.4) is 0 Å². The first-order valence-electron chi connectivity index (χ1n) is 7.60. The Morgan fingerprint density at radius 2 is 2.05 bits per heavy atom. The number of rotatable bonds is 3. The molecule has 21 heavy (non-hydrogen) atoms. The van der Waals surface area contributed by atoms with Crippen LogP contribution in [0.5, 0.6) is 0 Å². The lowest BCUT2D eigenvalue weighted by Gasteiger charge is -2.37. The molecule has 1 fully saturated rings. The van der Waals surface area contributed by atoms with Crippen LogP contribution in [0, 0.1) is 5.41 Å². The molecule has 1 aliphatic heterocycles. The number of hydrogen-bond donors (Lipinski definition) is 2. The molecule has 2 N–H and O–H groups in total. The standard InChI is InChI=1S/C17H23N3O/c1-17(7-9-20(2)10-8-17)12-18-16(21)15-11-13-5-3-4-6-14(13)19-15/h3-6,11,19H,7-10,12H2,1-2H3,(H,18,21). The molecule has 1 saturated heterocycles. The van der Waals surface area contributed by atoms with Crippen molar-refractivity contribution < 1.29 is 4.79 Å². The third kappa shape index (κ3) is 3.10. The molecule has 0 spiro atoms. The third-order valence-electron chi connectivity index (χ3n) is 4.64. The average Bonchev–Trinajstić information content (AvgIpc) is 2.92. The second-order valence-electron chi connectivity index (χ2n) is 6.57. The Bertz CT molecular complexity index is 605. The van der Waals surface area contributed by atoms with Gasteiger partial charge in [-0.1, -0.05) is 25.1 Å². The maximum absolute atomic E-state index is 12.3. The zero-order chi connectivity index (χ0) is 14.9. The largest absolute Gasteiger partial charge is 0.351 e. The minimum atomic E-state index is -0.00801. The van der Waals surface area contributed by atoms with Crippen molar-refractivity contribution in [1.82, 2.24) is 15.2 Å². The molecular weight excluding hydrogens is 262 g/mol. The quantitative estimate of drug-likeness (QED) is 0.910. The van der Waals surface area contributed by atoms with Gasteiger partial charge in [0.25, 0.3) is 5.91 Å². The van der Waals surface area contributed by atoms with E-state index in [1.807, 2.05) is 30.3 Å². The molecule has 0 aliphatic carbocycles. The van der Waals surface area contributed by atoms with Crippen LogP contribution in [0.1, 0.15) is 30.3 Å². The number of hydrogen-bond acceptors (Lipinski definition) is 2. The lowest BCUT2D eigenvalue weighted by Crippen LogP contribution is -2.43. The van der Waals surface area contributed by atoms with Gasteiger partial charge in [-0.2, -0.15) is 0 Å². The fraction of sp³-hybridized carbons (Fsp3) is 0.471. The molecule has 1 aliphatic rings. The lowest BCUT2D eigenvalue weighted by molar-refractivity contribution is 0.0887. The SMILES string of the molecule is CN1CCC(C)(CNC(=O)c2cc3ccccc3[nH]2)CC1. The minimum absolute atomic E-state index is 0.00801. The summed E-state index contributed by atoms with van der Waals surface area (Å²) in [6, 6.07) is 9.88. The molecule has 4 nitrogen and oxygen atoms in total. The molecule has 1 aromatic carbocycles. The highest BCUT2D eigenvalue weighted by atomic mass is 16.1. The van der Waals surface area contributed by atoms with Gasteiger partial charge in [-0.15, -0.1) is 0 Å². The summed E-state index contributed by atoms with van der Waals surface area (Å²) in [6.07, 6.45) is 2.27. The second-order valence-corrected chi connectivity index (χ2v) is 6.57. The molecule has 0 unspecified atom stereocenters. The Morgan fingerprint density at radius 1 is 1.33 bits per heavy atom. The number of para-hydroxylation sites is 1. The van der Waals surface area contributed by atoms with Gasteiger partial charge in [0.2, 0.25) is 0 Å². The van der Waals surface area contributed by atoms with Gasteiger partial charge in [0.15, 0.2) is 0 Å². The van der Waals surface area contributed by atoms with Crippen molar-refractivity contribution in [3.63, 3.8) is 0 Å². The van der Waals surface area contributed by atoms with Crippen molar-refractivity contribution in [1.29, 1.82) is 0 Å². The molecule has 0 atom stereocenters. The van der Waals surface area contributed by atoms with Crippen molar-refractivity contribution >= 4 is 16.8 Å². The van der Waals surface area contributed by atoms with E-state index in [-0.39, 0.29) is 11.3 Å². The van der Waals surface area contributed by atoms with Crippen LogP contribution in [0.2, 0.25) is 0 Å². The summed E-state index contributed by atoms with van der Waals surface area (Å²) in [5.74, 6) is -0.00801. The number of carbonyl (C=O) groups excluding carboxylic acids is 1. The fourth-order valence-electron chi connectivity index (χ4n) is 2.92. The molecule has 0 radical (unpaired) electrons. The van der Waals surface area contributed by atoms with Crippen molar-refractivity contribution in [2.75, 3.05) is 26.7 Å². The van der Waals surface area contributed by atoms with Gasteiger partial charge in [0.1, 0.15) is 5.69 Å². The van der Waals surface area contributed by atoms with Crippen LogP contribution in [-0.4, -0.2) is 42.5 Å². The Morgan fingerprint density at radius 3 is 2.76 bits per heavy atom. The van der Waals surface area contributed by atoms with Crippen LogP contribution >= 0.6 is 0 Å². The number of amides is 1. The highest BCUT2D eigenvalue weighted by Gasteiger charge is 2.29. The van der Waals surface area contributed by atoms with Crippen LogP contribution in [-0.2, 0) is 0 Å². The summed E-state index contributed by atoms with van der Waals surface area (Å²) < 4.78 is 0. The minimum Gasteiger partial charge on any atom is -0.351 e. The smallest absolute Gasteiger partial charge is 0.267 e. The molecular formula is C17H23N3O. The van der Waals surface area contributed by atoms with Crippen molar-refractivity contribution in [3.8, 4) is 0 Å². The van der Waals surface area contributed by atoms with E-state index in [1.165, 1.54) is 0 Å². The van der Waals surface area contributed by atoms with E-state index in [4.69, 9.17) is 0 Å². The van der Waals surface area contributed by atoms with Crippen molar-refractivity contribution in [2.24, 2.45) is 5.41 Å². The third-order valence-corrected chi connectivity index (χ3v) is 4.64. The molecule has 1 aromatic heterocycles. The normalized spacial score (nSPS) is 18.8. The van der Waals surface area contributed by atoms with Gasteiger partial charge in [-0.05, 0) is 50.5 Å². The Kier molecular flexibility index (Phi) is 3.72. The number of piperidine rings is 1. The van der Waals surface area contributed by atoms with E-state index < -0.39 is 0 Å². The zero-order valence-corrected chi connectivity index (χ0v) is 12.8. The summed E-state index contributed by atoms with van der Waals surface area (Å²) in [7, 11) is 2.16. The molecule has 3 rings (SSSR count). The number of likely N-dealkylation sites (tertiary alicyclic amines) is 1. The summed E-state index contributed by atoms with van der Waals surface area (Å²) in [5, 5.41) is 4.17. The summed E-state index contributed by atoms with van der Waals surface area (Å²) in [6.45, 7) is 5.23. The number of nitrogens with zero attached hydrogens (tertiary/aromatic N) is 1. The highest BCUT2D eigenvalue weighted by Crippen LogP contribution is 2.29. The van der Waals surface area contributed by atoms with Gasteiger partial charge < -0.3 is 15.2 Å². The second kappa shape index (κ2) is 5.53. The Labute approximate surface area is 125 Å². The van der Waals surface area contributed by atoms with Gasteiger partial charge in [-0.3, -0.25) is 4.79 Å². The number of aromatic nitrogens is 1. The number of nitrogens with one attached hydrogen (secondary N) is 2. The Balaban J connectivity index is 1.63. The zero-order valence-electron chi connectivity index (χ0n) is 12.8. The number of H-pyrrole nitrogens is 1. The van der Waals surface area contributed by atoms with E-state index in [9.17, 15) is 4.79 Å². The topological polar surface area (TPSA) is 48.1 Å². The maximum atomic E-state index is 12.3. The van der Waals surface area contributed by atoms with Crippen molar-refractivity contribution in [2.45, 2.75) is 19.8 Å². The predicted octanol–water partition coefficient (Wildman–Crippen LogP) is 2.63. The lowest BCUT2D eigenvalue weighted by atomic mass is 9.80. The highest BCUT2D eigenvalue weighted by molar-refractivity contribution is 5.97. The van der Waals surface area contributed by atoms with Crippen LogP contribution < -0.4 is 5.32 Å². The van der Waals surface area contributed by atoms with Gasteiger partial charge in [0.05, 0.1) is 0 Å². The number of aromatic amines is 1. The van der Waals surface area contributed by atoms with E-state index in [0.717, 1.165) is 43.4 Å². The van der Waals surface area contributed by atoms with E-state index in [2.05, 4.69) is 29.2 Å². The summed E-state index contributed by atoms with van der Waals surface area (Å²) in [4.78, 5) is 17.8. The van der Waals surface area contributed by atoms with Gasteiger partial charge in [-0.25, -0.2) is 0 Å². The van der Waals surface area contributed by atoms with Crippen LogP contribution in [0.4, 0.5) is 0 Å². The summed E-state index contributed by atoms with van der Waals surface area (Å²) >= 11 is 0. The van der Waals surface area contributed by atoms with Crippen LogP contribution in [0.25, 0.3) is 10.9 Å². The summed E-state index contributed by atoms with van der Waals surface area (Å²) in [5.41, 5.74) is 1.87. The predicted molar refractivity (Wildman–Crippen MR) is 85.5 cm³/mol. The van der Waals surface area contributed by atoms with E-state index in [0.29, 0.717) is 5.69 Å². The van der Waals surface area contributed by atoms with Gasteiger partial charge in [0, 0.05) is 17.4 Å². The Hall–Kier alpha value is -1.81. The maximum Gasteiger partial charge on any atom is 0.267 e. The number of carbonyl (C=O) groups is 1. The monoisotopic (exact) mass is 285 g/mol. The van der Waals surface area contributed by atoms with Crippen LogP contribution in [0.15, 0.2) is 30.3 Å². The van der Waals surface area contributed by atoms with Crippen molar-refractivity contribution in [3.05, 3.63) is 36.0 Å². The molecule has 2 aromatic rings. The molecule has 0 saturated carbocycles. The average molecular weight is 285 g/mol. The number of fused-ring (bicyclic) bond motifs is 1. The molecule has 1 amide bonds. The van der Waals surface area contributed by atoms with Gasteiger partial charge >= 0.3 is 0 Å². The molecule has 2 heterocycles. The first-order chi connectivity index (χ1) is 10.1. The first kappa shape index (κ1) is 14.1. The fourth-order valence-corrected chi connectivity index (χ4v) is 2.92. The van der Waals surface area contributed by atoms with E-state index in [1.54, 1.807) is 0 Å². The molecule has 4 heteroatoms. The molecule has 0 bridgehead atoms. The first-order valence-corrected chi connectivity index (χ1v) is 7.60.